The number of nitrogens with one attached hydrogen (secondary N) is 2. The molecule has 1 heterocycles. The quantitative estimate of drug-likeness (QED) is 0.605. The Morgan fingerprint density at radius 1 is 0.571 bits per heavy atom. The van der Waals surface area contributed by atoms with E-state index in [0.717, 1.165) is 11.4 Å². The van der Waals surface area contributed by atoms with Crippen molar-refractivity contribution >= 4 is 23.0 Å². The molecular weight excluding hydrogens is 360 g/mol. The van der Waals surface area contributed by atoms with Crippen LogP contribution in [0.2, 0.25) is 0 Å². The number of rotatable bonds is 8. The van der Waals surface area contributed by atoms with Crippen molar-refractivity contribution in [2.45, 2.75) is 0 Å². The zero-order chi connectivity index (χ0) is 19.9. The smallest absolute Gasteiger partial charge is 0.162 e. The second kappa shape index (κ2) is 8.81. The summed E-state index contributed by atoms with van der Waals surface area (Å²) in [6.07, 6.45) is 1.48. The van der Waals surface area contributed by atoms with Crippen molar-refractivity contribution in [3.05, 3.63) is 48.8 Å². The molecule has 2 N–H and O–H groups in total. The number of aromatic nitrogens is 2. The topological polar surface area (TPSA) is 86.8 Å². The van der Waals surface area contributed by atoms with Crippen LogP contribution in [0.15, 0.2) is 48.8 Å². The molecular formula is C20H22N4O4. The van der Waals surface area contributed by atoms with Gasteiger partial charge in [-0.15, -0.1) is 0 Å². The van der Waals surface area contributed by atoms with Crippen LogP contribution in [-0.2, 0) is 0 Å². The largest absolute Gasteiger partial charge is 0.493 e. The lowest BCUT2D eigenvalue weighted by molar-refractivity contribution is 0.355. The Labute approximate surface area is 163 Å². The Morgan fingerprint density at radius 2 is 1.00 bits per heavy atom. The molecule has 0 saturated heterocycles. The summed E-state index contributed by atoms with van der Waals surface area (Å²) < 4.78 is 21.2. The third-order valence-electron chi connectivity index (χ3n) is 3.98. The molecule has 0 amide bonds. The van der Waals surface area contributed by atoms with Gasteiger partial charge in [0.2, 0.25) is 0 Å². The molecule has 0 fully saturated rings. The molecule has 0 saturated carbocycles. The molecule has 3 rings (SSSR count). The SMILES string of the molecule is COc1ccc(Nc2cc(Nc3ccc(OC)c(OC)c3)ncn2)cc1OC. The van der Waals surface area contributed by atoms with Crippen LogP contribution in [0.25, 0.3) is 0 Å². The average Bonchev–Trinajstić information content (AvgIpc) is 2.73. The fraction of sp³-hybridized carbons (Fsp3) is 0.200. The molecule has 0 bridgehead atoms. The van der Waals surface area contributed by atoms with E-state index < -0.39 is 0 Å². The molecule has 0 atom stereocenters. The van der Waals surface area contributed by atoms with Crippen LogP contribution in [-0.4, -0.2) is 38.4 Å². The minimum absolute atomic E-state index is 0.630. The molecule has 146 valence electrons. The maximum Gasteiger partial charge on any atom is 0.162 e. The summed E-state index contributed by atoms with van der Waals surface area (Å²) in [7, 11) is 6.39. The molecule has 3 aromatic rings. The maximum atomic E-state index is 5.33. The van der Waals surface area contributed by atoms with Crippen LogP contribution in [0.1, 0.15) is 0 Å². The average molecular weight is 382 g/mol. The van der Waals surface area contributed by atoms with Gasteiger partial charge in [-0.05, 0) is 24.3 Å². The lowest BCUT2D eigenvalue weighted by atomic mass is 10.2. The highest BCUT2D eigenvalue weighted by Crippen LogP contribution is 2.32. The van der Waals surface area contributed by atoms with Gasteiger partial charge in [0.25, 0.3) is 0 Å². The predicted octanol–water partition coefficient (Wildman–Crippen LogP) is 4.00. The third-order valence-corrected chi connectivity index (χ3v) is 3.98. The molecule has 0 aliphatic heterocycles. The molecule has 1 aromatic heterocycles. The number of nitrogens with zero attached hydrogens (tertiary/aromatic N) is 2. The monoisotopic (exact) mass is 382 g/mol. The number of benzene rings is 2. The number of anilines is 4. The summed E-state index contributed by atoms with van der Waals surface area (Å²) in [5, 5.41) is 6.45. The second-order valence-corrected chi connectivity index (χ2v) is 5.68. The van der Waals surface area contributed by atoms with E-state index in [4.69, 9.17) is 18.9 Å². The summed E-state index contributed by atoms with van der Waals surface area (Å²) in [5.74, 6) is 3.84. The van der Waals surface area contributed by atoms with Gasteiger partial charge in [-0.25, -0.2) is 9.97 Å². The standard InChI is InChI=1S/C20H22N4O4/c1-25-15-7-5-13(9-17(15)27-3)23-19-11-20(22-12-21-19)24-14-6-8-16(26-2)18(10-14)28-4/h5-12H,1-4H3,(H2,21,22,23,24). The number of ether oxygens (including phenoxy) is 4. The summed E-state index contributed by atoms with van der Waals surface area (Å²) in [6.45, 7) is 0. The van der Waals surface area contributed by atoms with Crippen LogP contribution in [0.3, 0.4) is 0 Å². The molecule has 0 aliphatic carbocycles. The van der Waals surface area contributed by atoms with E-state index in [9.17, 15) is 0 Å². The van der Waals surface area contributed by atoms with Crippen LogP contribution in [0.4, 0.5) is 23.0 Å². The Bertz CT molecular complexity index is 876. The minimum Gasteiger partial charge on any atom is -0.493 e. The molecule has 8 nitrogen and oxygen atoms in total. The maximum absolute atomic E-state index is 5.33. The van der Waals surface area contributed by atoms with Gasteiger partial charge in [-0.1, -0.05) is 0 Å². The Balaban J connectivity index is 1.77. The van der Waals surface area contributed by atoms with Crippen molar-refractivity contribution in [2.75, 3.05) is 39.1 Å². The van der Waals surface area contributed by atoms with Gasteiger partial charge < -0.3 is 29.6 Å². The van der Waals surface area contributed by atoms with E-state index in [-0.39, 0.29) is 0 Å². The van der Waals surface area contributed by atoms with E-state index in [1.54, 1.807) is 34.5 Å². The van der Waals surface area contributed by atoms with Crippen molar-refractivity contribution < 1.29 is 18.9 Å². The van der Waals surface area contributed by atoms with E-state index in [1.165, 1.54) is 6.33 Å². The van der Waals surface area contributed by atoms with Crippen molar-refractivity contribution in [3.8, 4) is 23.0 Å². The Kier molecular flexibility index (Phi) is 6.01. The van der Waals surface area contributed by atoms with Crippen molar-refractivity contribution in [1.82, 2.24) is 9.97 Å². The van der Waals surface area contributed by atoms with Gasteiger partial charge >= 0.3 is 0 Å². The van der Waals surface area contributed by atoms with Gasteiger partial charge in [0.15, 0.2) is 23.0 Å². The van der Waals surface area contributed by atoms with Gasteiger partial charge in [0.1, 0.15) is 18.0 Å². The molecule has 2 aromatic carbocycles. The molecule has 28 heavy (non-hydrogen) atoms. The van der Waals surface area contributed by atoms with Gasteiger partial charge in [0, 0.05) is 29.6 Å². The van der Waals surface area contributed by atoms with Crippen molar-refractivity contribution in [3.63, 3.8) is 0 Å². The summed E-state index contributed by atoms with van der Waals surface area (Å²) >= 11 is 0. The van der Waals surface area contributed by atoms with E-state index in [2.05, 4.69) is 20.6 Å². The number of hydrogen-bond donors (Lipinski definition) is 2. The van der Waals surface area contributed by atoms with Crippen LogP contribution in [0.5, 0.6) is 23.0 Å². The predicted molar refractivity (Wildman–Crippen MR) is 108 cm³/mol. The van der Waals surface area contributed by atoms with E-state index in [1.807, 2.05) is 36.4 Å². The Morgan fingerprint density at radius 3 is 1.39 bits per heavy atom. The molecule has 0 radical (unpaired) electrons. The Hall–Kier alpha value is -3.68. The lowest BCUT2D eigenvalue weighted by Crippen LogP contribution is -2.00. The molecule has 8 heteroatoms. The highest BCUT2D eigenvalue weighted by atomic mass is 16.5. The number of hydrogen-bond acceptors (Lipinski definition) is 8. The minimum atomic E-state index is 0.630. The third kappa shape index (κ3) is 4.35. The summed E-state index contributed by atoms with van der Waals surface area (Å²) in [5.41, 5.74) is 1.63. The first-order valence-electron chi connectivity index (χ1n) is 8.47. The van der Waals surface area contributed by atoms with E-state index >= 15 is 0 Å². The fourth-order valence-electron chi connectivity index (χ4n) is 2.62. The van der Waals surface area contributed by atoms with Crippen LogP contribution < -0.4 is 29.6 Å². The number of methoxy groups -OCH3 is 4. The van der Waals surface area contributed by atoms with Crippen molar-refractivity contribution in [2.24, 2.45) is 0 Å². The molecule has 0 aliphatic rings. The summed E-state index contributed by atoms with van der Waals surface area (Å²) in [6, 6.07) is 12.9. The van der Waals surface area contributed by atoms with E-state index in [0.29, 0.717) is 34.6 Å². The first-order chi connectivity index (χ1) is 13.7. The normalized spacial score (nSPS) is 10.1. The first kappa shape index (κ1) is 19.1. The first-order valence-corrected chi connectivity index (χ1v) is 8.47. The fourth-order valence-corrected chi connectivity index (χ4v) is 2.62. The zero-order valence-electron chi connectivity index (χ0n) is 16.1. The van der Waals surface area contributed by atoms with Gasteiger partial charge in [-0.3, -0.25) is 0 Å². The zero-order valence-corrected chi connectivity index (χ0v) is 16.1. The molecule has 0 spiro atoms. The van der Waals surface area contributed by atoms with Crippen molar-refractivity contribution in [1.29, 1.82) is 0 Å². The molecule has 0 unspecified atom stereocenters. The second-order valence-electron chi connectivity index (χ2n) is 5.68. The highest BCUT2D eigenvalue weighted by molar-refractivity contribution is 5.66. The van der Waals surface area contributed by atoms with Gasteiger partial charge in [0.05, 0.1) is 28.4 Å². The summed E-state index contributed by atoms with van der Waals surface area (Å²) in [4.78, 5) is 8.51. The lowest BCUT2D eigenvalue weighted by Gasteiger charge is -2.12. The van der Waals surface area contributed by atoms with Crippen LogP contribution >= 0.6 is 0 Å². The van der Waals surface area contributed by atoms with Gasteiger partial charge in [-0.2, -0.15) is 0 Å². The van der Waals surface area contributed by atoms with Crippen LogP contribution in [0, 0.1) is 0 Å². The highest BCUT2D eigenvalue weighted by Gasteiger charge is 2.08.